The van der Waals surface area contributed by atoms with E-state index in [4.69, 9.17) is 9.15 Å². The van der Waals surface area contributed by atoms with Gasteiger partial charge in [-0.2, -0.15) is 0 Å². The van der Waals surface area contributed by atoms with Crippen LogP contribution in [-0.4, -0.2) is 22.4 Å². The molecule has 3 unspecified atom stereocenters. The van der Waals surface area contributed by atoms with Crippen LogP contribution in [0.2, 0.25) is 0 Å². The van der Waals surface area contributed by atoms with Gasteiger partial charge in [0.1, 0.15) is 35.4 Å². The molecule has 5 nitrogen and oxygen atoms in total. The Morgan fingerprint density at radius 3 is 2.76 bits per heavy atom. The normalized spacial score (nSPS) is 27.9. The van der Waals surface area contributed by atoms with Crippen molar-refractivity contribution in [1.29, 1.82) is 0 Å². The molecule has 1 aliphatic heterocycles. The van der Waals surface area contributed by atoms with E-state index in [9.17, 15) is 15.0 Å². The van der Waals surface area contributed by atoms with Gasteiger partial charge in [0.25, 0.3) is 0 Å². The fourth-order valence-corrected chi connectivity index (χ4v) is 1.81. The largest absolute Gasteiger partial charge is 0.487 e. The van der Waals surface area contributed by atoms with Crippen molar-refractivity contribution in [3.05, 3.63) is 33.9 Å². The highest BCUT2D eigenvalue weighted by molar-refractivity contribution is 5.47. The Hall–Kier alpha value is -1.59. The Bertz CT molecular complexity index is 502. The van der Waals surface area contributed by atoms with Crippen LogP contribution < -0.4 is 10.4 Å². The number of rotatable bonds is 1. The first-order chi connectivity index (χ1) is 8.04. The molecule has 0 spiro atoms. The molecule has 0 fully saturated rings. The third-order valence-electron chi connectivity index (χ3n) is 2.71. The predicted octanol–water partition coefficient (Wildman–Crippen LogP) is 0.848. The topological polar surface area (TPSA) is 79.9 Å². The van der Waals surface area contributed by atoms with Crippen LogP contribution in [0.15, 0.2) is 21.4 Å². The lowest BCUT2D eigenvalue weighted by Gasteiger charge is -2.31. The van der Waals surface area contributed by atoms with Crippen LogP contribution in [0.25, 0.3) is 6.08 Å². The van der Waals surface area contributed by atoms with Crippen molar-refractivity contribution in [3.63, 3.8) is 0 Å². The molecular formula is C12H14O5. The molecule has 0 aliphatic carbocycles. The molecule has 1 aliphatic rings. The van der Waals surface area contributed by atoms with E-state index in [1.165, 1.54) is 6.07 Å². The second-order valence-electron chi connectivity index (χ2n) is 3.97. The number of hydrogen-bond donors (Lipinski definition) is 2. The first kappa shape index (κ1) is 11.9. The fourth-order valence-electron chi connectivity index (χ4n) is 1.81. The van der Waals surface area contributed by atoms with Gasteiger partial charge in [-0.05, 0) is 19.9 Å². The average molecular weight is 238 g/mol. The summed E-state index contributed by atoms with van der Waals surface area (Å²) in [5, 5.41) is 19.4. The van der Waals surface area contributed by atoms with Crippen molar-refractivity contribution in [2.24, 2.45) is 0 Å². The van der Waals surface area contributed by atoms with E-state index in [-0.39, 0.29) is 11.3 Å². The van der Waals surface area contributed by atoms with Gasteiger partial charge in [-0.1, -0.05) is 6.08 Å². The molecule has 0 bridgehead atoms. The predicted molar refractivity (Wildman–Crippen MR) is 60.7 cm³/mol. The molecule has 1 aromatic rings. The summed E-state index contributed by atoms with van der Waals surface area (Å²) in [4.78, 5) is 11.7. The number of aliphatic hydroxyl groups excluding tert-OH is 2. The van der Waals surface area contributed by atoms with Gasteiger partial charge >= 0.3 is 5.63 Å². The van der Waals surface area contributed by atoms with Crippen LogP contribution in [0.5, 0.6) is 5.75 Å². The summed E-state index contributed by atoms with van der Waals surface area (Å²) in [5.74, 6) is 0.617. The smallest absolute Gasteiger partial charge is 0.345 e. The highest BCUT2D eigenvalue weighted by atomic mass is 16.5. The molecule has 3 atom stereocenters. The molecule has 92 valence electrons. The van der Waals surface area contributed by atoms with Crippen molar-refractivity contribution in [2.75, 3.05) is 0 Å². The Labute approximate surface area is 98.0 Å². The summed E-state index contributed by atoms with van der Waals surface area (Å²) in [6.07, 6.45) is 0.371. The van der Waals surface area contributed by atoms with Crippen molar-refractivity contribution < 1.29 is 19.4 Å². The molecule has 5 heteroatoms. The molecule has 0 amide bonds. The zero-order valence-corrected chi connectivity index (χ0v) is 9.58. The molecule has 2 rings (SSSR count). The molecule has 0 saturated carbocycles. The van der Waals surface area contributed by atoms with E-state index in [0.29, 0.717) is 5.76 Å². The van der Waals surface area contributed by atoms with Crippen molar-refractivity contribution in [2.45, 2.75) is 32.2 Å². The summed E-state index contributed by atoms with van der Waals surface area (Å²) in [6.45, 7) is 3.42. The first-order valence-electron chi connectivity index (χ1n) is 5.38. The average Bonchev–Trinajstić information content (AvgIpc) is 2.25. The van der Waals surface area contributed by atoms with E-state index in [1.54, 1.807) is 26.0 Å². The minimum atomic E-state index is -1.27. The van der Waals surface area contributed by atoms with Crippen LogP contribution in [-0.2, 0) is 0 Å². The van der Waals surface area contributed by atoms with E-state index in [1.807, 2.05) is 0 Å². The maximum atomic E-state index is 11.7. The molecule has 0 aromatic carbocycles. The summed E-state index contributed by atoms with van der Waals surface area (Å²) in [6, 6.07) is 1.53. The zero-order chi connectivity index (χ0) is 12.6. The minimum absolute atomic E-state index is 0.0242. The van der Waals surface area contributed by atoms with Gasteiger partial charge < -0.3 is 19.4 Å². The number of aliphatic hydroxyl groups is 2. The maximum Gasteiger partial charge on any atom is 0.345 e. The monoisotopic (exact) mass is 238 g/mol. The second-order valence-corrected chi connectivity index (χ2v) is 3.97. The van der Waals surface area contributed by atoms with Crippen LogP contribution in [0.1, 0.15) is 31.3 Å². The summed E-state index contributed by atoms with van der Waals surface area (Å²) < 4.78 is 10.4. The van der Waals surface area contributed by atoms with E-state index in [2.05, 4.69) is 0 Å². The molecule has 0 radical (unpaired) electrons. The Morgan fingerprint density at radius 1 is 1.41 bits per heavy atom. The quantitative estimate of drug-likeness (QED) is 0.758. The Kier molecular flexibility index (Phi) is 3.04. The molecule has 1 aromatic heterocycles. The Balaban J connectivity index is 2.56. The lowest BCUT2D eigenvalue weighted by atomic mass is 9.98. The van der Waals surface area contributed by atoms with Gasteiger partial charge in [0.05, 0.1) is 0 Å². The minimum Gasteiger partial charge on any atom is -0.487 e. The molecule has 2 heterocycles. The highest BCUT2D eigenvalue weighted by Crippen LogP contribution is 2.33. The SMILES string of the molecule is CC=Cc1cc2c(c(=O)o1)C(O)C(O)C(C)O2. The van der Waals surface area contributed by atoms with E-state index in [0.717, 1.165) is 0 Å². The van der Waals surface area contributed by atoms with Gasteiger partial charge in [0, 0.05) is 6.07 Å². The summed E-state index contributed by atoms with van der Waals surface area (Å²) in [7, 11) is 0. The van der Waals surface area contributed by atoms with Gasteiger partial charge in [-0.3, -0.25) is 0 Å². The first-order valence-corrected chi connectivity index (χ1v) is 5.38. The number of allylic oxidation sites excluding steroid dienone is 1. The van der Waals surface area contributed by atoms with E-state index >= 15 is 0 Å². The fraction of sp³-hybridized carbons (Fsp3) is 0.417. The molecular weight excluding hydrogens is 224 g/mol. The van der Waals surface area contributed by atoms with Crippen LogP contribution in [0, 0.1) is 0 Å². The van der Waals surface area contributed by atoms with Gasteiger partial charge in [-0.15, -0.1) is 0 Å². The highest BCUT2D eigenvalue weighted by Gasteiger charge is 2.36. The van der Waals surface area contributed by atoms with Gasteiger partial charge in [0.15, 0.2) is 0 Å². The molecule has 0 saturated heterocycles. The van der Waals surface area contributed by atoms with Crippen molar-refractivity contribution in [1.82, 2.24) is 0 Å². The Morgan fingerprint density at radius 2 is 2.12 bits per heavy atom. The molecule has 2 N–H and O–H groups in total. The van der Waals surface area contributed by atoms with Crippen LogP contribution >= 0.6 is 0 Å². The van der Waals surface area contributed by atoms with Crippen molar-refractivity contribution >= 4 is 6.08 Å². The summed E-state index contributed by atoms with van der Waals surface area (Å²) in [5.41, 5.74) is -0.710. The zero-order valence-electron chi connectivity index (χ0n) is 9.58. The molecule has 17 heavy (non-hydrogen) atoms. The standard InChI is InChI=1S/C12H14O5/c1-3-4-7-5-8-9(12(15)17-7)11(14)10(13)6(2)16-8/h3-6,10-11,13-14H,1-2H3. The van der Waals surface area contributed by atoms with Crippen LogP contribution in [0.4, 0.5) is 0 Å². The third-order valence-corrected chi connectivity index (χ3v) is 2.71. The lowest BCUT2D eigenvalue weighted by molar-refractivity contribution is -0.0636. The lowest BCUT2D eigenvalue weighted by Crippen LogP contribution is -2.40. The number of fused-ring (bicyclic) bond motifs is 1. The van der Waals surface area contributed by atoms with Gasteiger partial charge in [0.2, 0.25) is 0 Å². The third kappa shape index (κ3) is 1.99. The van der Waals surface area contributed by atoms with Crippen molar-refractivity contribution in [3.8, 4) is 5.75 Å². The second kappa shape index (κ2) is 4.35. The van der Waals surface area contributed by atoms with Crippen LogP contribution in [0.3, 0.4) is 0 Å². The number of ether oxygens (including phenoxy) is 1. The van der Waals surface area contributed by atoms with Gasteiger partial charge in [-0.25, -0.2) is 4.79 Å². The number of hydrogen-bond acceptors (Lipinski definition) is 5. The summed E-state index contributed by atoms with van der Waals surface area (Å²) >= 11 is 0. The van der Waals surface area contributed by atoms with E-state index < -0.39 is 23.9 Å². The maximum absolute atomic E-state index is 11.7.